The topological polar surface area (TPSA) is 99.1 Å². The van der Waals surface area contributed by atoms with Crippen LogP contribution in [0.15, 0.2) is 72.8 Å². The molecule has 0 aromatic heterocycles. The summed E-state index contributed by atoms with van der Waals surface area (Å²) in [6, 6.07) is 20.1. The molecule has 0 saturated heterocycles. The largest absolute Gasteiger partial charge is 0.755 e. The molecule has 8 heteroatoms. The van der Waals surface area contributed by atoms with E-state index in [0.717, 1.165) is 5.56 Å². The molecule has 3 aromatic carbocycles. The quantitative estimate of drug-likeness (QED) is 0.409. The number of aryl methyl sites for hydroxylation is 1. The van der Waals surface area contributed by atoms with Crippen LogP contribution in [0.4, 0.5) is 11.4 Å². The van der Waals surface area contributed by atoms with Gasteiger partial charge in [0.2, 0.25) is 0 Å². The fraction of sp³-hybridized carbons (Fsp3) is 0.136. The van der Waals surface area contributed by atoms with E-state index in [9.17, 15) is 13.6 Å². The monoisotopic (exact) mass is 426 g/mol. The zero-order valence-corrected chi connectivity index (χ0v) is 17.0. The van der Waals surface area contributed by atoms with Gasteiger partial charge in [-0.15, -0.1) is 0 Å². The van der Waals surface area contributed by atoms with E-state index in [-0.39, 0.29) is 18.8 Å². The molecule has 1 unspecified atom stereocenters. The SMILES string of the molecule is Cc1cccc(N(c2ccccc2OCCOc2ccc(C(=O)O)cc2)S(=O)[O-])c1. The number of aromatic carboxylic acids is 1. The first-order chi connectivity index (χ1) is 14.5. The normalized spacial score (nSPS) is 11.5. The fourth-order valence-corrected chi connectivity index (χ4v) is 3.41. The second-order valence-electron chi connectivity index (χ2n) is 6.34. The molecule has 0 heterocycles. The predicted molar refractivity (Wildman–Crippen MR) is 113 cm³/mol. The Hall–Kier alpha value is -3.36. The summed E-state index contributed by atoms with van der Waals surface area (Å²) in [4.78, 5) is 10.9. The smallest absolute Gasteiger partial charge is 0.335 e. The molecule has 0 saturated carbocycles. The highest BCUT2D eigenvalue weighted by molar-refractivity contribution is 7.81. The Kier molecular flexibility index (Phi) is 7.05. The number of hydrogen-bond acceptors (Lipinski definition) is 5. The van der Waals surface area contributed by atoms with Gasteiger partial charge >= 0.3 is 5.97 Å². The van der Waals surface area contributed by atoms with E-state index in [1.54, 1.807) is 54.6 Å². The molecule has 0 aliphatic rings. The first-order valence-corrected chi connectivity index (χ1v) is 10.1. The van der Waals surface area contributed by atoms with E-state index in [4.69, 9.17) is 14.6 Å². The van der Waals surface area contributed by atoms with E-state index in [1.807, 2.05) is 13.0 Å². The summed E-state index contributed by atoms with van der Waals surface area (Å²) < 4.78 is 36.4. The van der Waals surface area contributed by atoms with Crippen LogP contribution in [0.3, 0.4) is 0 Å². The van der Waals surface area contributed by atoms with Crippen LogP contribution in [0.5, 0.6) is 11.5 Å². The number of hydrogen-bond donors (Lipinski definition) is 1. The molecular formula is C22H20NO6S-. The second kappa shape index (κ2) is 9.91. The molecule has 1 atom stereocenters. The summed E-state index contributed by atoms with van der Waals surface area (Å²) >= 11 is -2.54. The second-order valence-corrected chi connectivity index (χ2v) is 7.14. The van der Waals surface area contributed by atoms with Gasteiger partial charge in [0, 0.05) is 0 Å². The van der Waals surface area contributed by atoms with Gasteiger partial charge < -0.3 is 19.1 Å². The van der Waals surface area contributed by atoms with Crippen molar-refractivity contribution in [1.29, 1.82) is 0 Å². The molecule has 3 rings (SSSR count). The minimum Gasteiger partial charge on any atom is -0.755 e. The van der Waals surface area contributed by atoms with Gasteiger partial charge in [0.1, 0.15) is 24.7 Å². The zero-order valence-electron chi connectivity index (χ0n) is 16.2. The van der Waals surface area contributed by atoms with Gasteiger partial charge in [-0.3, -0.25) is 8.51 Å². The molecule has 30 heavy (non-hydrogen) atoms. The van der Waals surface area contributed by atoms with Crippen LogP contribution in [0.2, 0.25) is 0 Å². The lowest BCUT2D eigenvalue weighted by atomic mass is 10.2. The Balaban J connectivity index is 1.68. The van der Waals surface area contributed by atoms with Crippen molar-refractivity contribution in [3.8, 4) is 11.5 Å². The third-order valence-corrected chi connectivity index (χ3v) is 4.89. The lowest BCUT2D eigenvalue weighted by Gasteiger charge is -2.28. The first kappa shape index (κ1) is 21.4. The van der Waals surface area contributed by atoms with Gasteiger partial charge in [-0.2, -0.15) is 0 Å². The maximum absolute atomic E-state index is 12.0. The Morgan fingerprint density at radius 1 is 1.00 bits per heavy atom. The minimum atomic E-state index is -2.54. The van der Waals surface area contributed by atoms with Crippen LogP contribution in [-0.2, 0) is 11.3 Å². The van der Waals surface area contributed by atoms with Gasteiger partial charge in [0.05, 0.1) is 28.2 Å². The number of carboxylic acids is 1. The van der Waals surface area contributed by atoms with Crippen LogP contribution >= 0.6 is 0 Å². The van der Waals surface area contributed by atoms with Crippen molar-refractivity contribution < 1.29 is 28.1 Å². The standard InChI is InChI=1S/C22H21NO6S/c1-16-5-4-6-18(15-16)23(30(26)27)20-7-2-3-8-21(20)29-14-13-28-19-11-9-17(10-12-19)22(24)25/h2-12,15H,13-14H2,1H3,(H,24,25)(H,26,27)/p-1. The van der Waals surface area contributed by atoms with Gasteiger partial charge in [0.15, 0.2) is 0 Å². The zero-order chi connectivity index (χ0) is 21.5. The molecule has 0 aliphatic heterocycles. The summed E-state index contributed by atoms with van der Waals surface area (Å²) in [5.74, 6) is -0.0950. The Morgan fingerprint density at radius 2 is 1.70 bits per heavy atom. The van der Waals surface area contributed by atoms with E-state index >= 15 is 0 Å². The van der Waals surface area contributed by atoms with Crippen molar-refractivity contribution in [3.63, 3.8) is 0 Å². The molecule has 0 amide bonds. The highest BCUT2D eigenvalue weighted by Crippen LogP contribution is 2.35. The Morgan fingerprint density at radius 3 is 2.37 bits per heavy atom. The van der Waals surface area contributed by atoms with Gasteiger partial charge in [-0.1, -0.05) is 24.3 Å². The fourth-order valence-electron chi connectivity index (χ4n) is 2.81. The molecule has 3 aromatic rings. The van der Waals surface area contributed by atoms with E-state index in [0.29, 0.717) is 22.9 Å². The third-order valence-electron chi connectivity index (χ3n) is 4.18. The lowest BCUT2D eigenvalue weighted by molar-refractivity contribution is 0.0697. The highest BCUT2D eigenvalue weighted by atomic mass is 32.2. The van der Waals surface area contributed by atoms with Crippen LogP contribution in [0.1, 0.15) is 15.9 Å². The summed E-state index contributed by atoms with van der Waals surface area (Å²) in [7, 11) is 0. The van der Waals surface area contributed by atoms with Gasteiger partial charge in [-0.05, 0) is 61.0 Å². The van der Waals surface area contributed by atoms with Crippen molar-refractivity contribution in [3.05, 3.63) is 83.9 Å². The van der Waals surface area contributed by atoms with Crippen LogP contribution in [0, 0.1) is 6.92 Å². The average Bonchev–Trinajstić information content (AvgIpc) is 2.72. The van der Waals surface area contributed by atoms with Gasteiger partial charge in [-0.25, -0.2) is 4.79 Å². The van der Waals surface area contributed by atoms with Crippen LogP contribution in [-0.4, -0.2) is 33.1 Å². The van der Waals surface area contributed by atoms with Gasteiger partial charge in [0.25, 0.3) is 0 Å². The number of benzene rings is 3. The number of carbonyl (C=O) groups is 1. The molecule has 0 radical (unpaired) electrons. The molecular weight excluding hydrogens is 406 g/mol. The van der Waals surface area contributed by atoms with Crippen molar-refractivity contribution in [1.82, 2.24) is 0 Å². The molecule has 0 aliphatic carbocycles. The number of rotatable bonds is 9. The molecule has 0 fully saturated rings. The molecule has 1 N–H and O–H groups in total. The number of carboxylic acid groups (broad SMARTS) is 1. The maximum Gasteiger partial charge on any atom is 0.335 e. The number of anilines is 2. The van der Waals surface area contributed by atoms with E-state index in [1.165, 1.54) is 16.4 Å². The summed E-state index contributed by atoms with van der Waals surface area (Å²) in [6.45, 7) is 2.26. The summed E-state index contributed by atoms with van der Waals surface area (Å²) in [5, 5.41) is 8.91. The number of nitrogens with zero attached hydrogens (tertiary/aromatic N) is 1. The van der Waals surface area contributed by atoms with Crippen molar-refractivity contribution >= 4 is 28.6 Å². The summed E-state index contributed by atoms with van der Waals surface area (Å²) in [6.07, 6.45) is 0. The lowest BCUT2D eigenvalue weighted by Crippen LogP contribution is -2.21. The van der Waals surface area contributed by atoms with Crippen molar-refractivity contribution in [2.45, 2.75) is 6.92 Å². The molecule has 0 spiro atoms. The molecule has 0 bridgehead atoms. The maximum atomic E-state index is 12.0. The number of para-hydroxylation sites is 2. The Bertz CT molecular complexity index is 1040. The third kappa shape index (κ3) is 5.37. The van der Waals surface area contributed by atoms with Crippen molar-refractivity contribution in [2.24, 2.45) is 0 Å². The molecule has 7 nitrogen and oxygen atoms in total. The predicted octanol–water partition coefficient (Wildman–Crippen LogP) is 4.08. The highest BCUT2D eigenvalue weighted by Gasteiger charge is 2.15. The van der Waals surface area contributed by atoms with E-state index < -0.39 is 17.2 Å². The first-order valence-electron chi connectivity index (χ1n) is 9.10. The molecule has 156 valence electrons. The van der Waals surface area contributed by atoms with Crippen LogP contribution in [0.25, 0.3) is 0 Å². The van der Waals surface area contributed by atoms with Crippen molar-refractivity contribution in [2.75, 3.05) is 17.5 Å². The van der Waals surface area contributed by atoms with E-state index in [2.05, 4.69) is 0 Å². The average molecular weight is 426 g/mol. The minimum absolute atomic E-state index is 0.171. The van der Waals surface area contributed by atoms with Crippen LogP contribution < -0.4 is 13.8 Å². The number of ether oxygens (including phenoxy) is 2. The Labute approximate surface area is 176 Å². The summed E-state index contributed by atoms with van der Waals surface area (Å²) in [5.41, 5.74) is 2.01.